The van der Waals surface area contributed by atoms with E-state index in [0.717, 1.165) is 32.2 Å². The maximum absolute atomic E-state index is 4.83. The van der Waals surface area contributed by atoms with E-state index < -0.39 is 0 Å². The van der Waals surface area contributed by atoms with Gasteiger partial charge in [-0.3, -0.25) is 0 Å². The molecule has 0 N–H and O–H groups in total. The molecule has 0 aliphatic heterocycles. The molecule has 5 heteroatoms. The second kappa shape index (κ2) is 6.69. The van der Waals surface area contributed by atoms with Gasteiger partial charge in [0, 0.05) is 30.9 Å². The molecule has 5 aromatic rings. The van der Waals surface area contributed by atoms with E-state index in [9.17, 15) is 0 Å². The van der Waals surface area contributed by atoms with Crippen molar-refractivity contribution in [3.05, 3.63) is 66.2 Å². The minimum atomic E-state index is 1.04. The first-order valence-corrected chi connectivity index (χ1v) is 10.8. The lowest BCUT2D eigenvalue weighted by Gasteiger charge is -2.11. The highest BCUT2D eigenvalue weighted by Gasteiger charge is 2.11. The maximum atomic E-state index is 4.83. The van der Waals surface area contributed by atoms with Crippen molar-refractivity contribution in [1.82, 2.24) is 9.97 Å². The SMILES string of the molecule is Cc1ccc2nc(-c3ccc4nc(-c5ccc(N(C)C)cc5)sc4c3)sc2c1. The van der Waals surface area contributed by atoms with Crippen LogP contribution in [-0.4, -0.2) is 24.1 Å². The zero-order valence-electron chi connectivity index (χ0n) is 15.9. The summed E-state index contributed by atoms with van der Waals surface area (Å²) in [6.07, 6.45) is 0. The number of aryl methyl sites for hydroxylation is 1. The van der Waals surface area contributed by atoms with Crippen molar-refractivity contribution < 1.29 is 0 Å². The summed E-state index contributed by atoms with van der Waals surface area (Å²) in [5, 5.41) is 2.12. The van der Waals surface area contributed by atoms with Crippen LogP contribution in [0, 0.1) is 6.92 Å². The molecule has 5 rings (SSSR count). The molecule has 0 unspecified atom stereocenters. The van der Waals surface area contributed by atoms with Crippen molar-refractivity contribution in [2.45, 2.75) is 6.92 Å². The highest BCUT2D eigenvalue weighted by Crippen LogP contribution is 2.36. The molecule has 3 aromatic carbocycles. The van der Waals surface area contributed by atoms with E-state index in [1.165, 1.54) is 20.7 Å². The number of hydrogen-bond acceptors (Lipinski definition) is 5. The predicted octanol–water partition coefficient (Wildman–Crippen LogP) is 6.61. The fourth-order valence-electron chi connectivity index (χ4n) is 3.24. The van der Waals surface area contributed by atoms with Crippen LogP contribution in [0.15, 0.2) is 60.7 Å². The maximum Gasteiger partial charge on any atom is 0.124 e. The normalized spacial score (nSPS) is 11.4. The van der Waals surface area contributed by atoms with Crippen molar-refractivity contribution in [2.24, 2.45) is 0 Å². The molecule has 3 nitrogen and oxygen atoms in total. The van der Waals surface area contributed by atoms with Crippen molar-refractivity contribution in [3.8, 4) is 21.1 Å². The van der Waals surface area contributed by atoms with Gasteiger partial charge >= 0.3 is 0 Å². The van der Waals surface area contributed by atoms with Crippen LogP contribution in [0.1, 0.15) is 5.56 Å². The second-order valence-electron chi connectivity index (χ2n) is 7.13. The quantitative estimate of drug-likeness (QED) is 0.340. The average molecular weight is 402 g/mol. The van der Waals surface area contributed by atoms with E-state index in [-0.39, 0.29) is 0 Å². The van der Waals surface area contributed by atoms with Gasteiger partial charge in [-0.25, -0.2) is 9.97 Å². The van der Waals surface area contributed by atoms with E-state index in [4.69, 9.17) is 9.97 Å². The topological polar surface area (TPSA) is 29.0 Å². The summed E-state index contributed by atoms with van der Waals surface area (Å²) in [6, 6.07) is 21.4. The zero-order chi connectivity index (χ0) is 19.3. The zero-order valence-corrected chi connectivity index (χ0v) is 17.6. The summed E-state index contributed by atoms with van der Waals surface area (Å²) in [5.41, 5.74) is 6.88. The molecule has 28 heavy (non-hydrogen) atoms. The number of fused-ring (bicyclic) bond motifs is 2. The van der Waals surface area contributed by atoms with Crippen LogP contribution >= 0.6 is 22.7 Å². The lowest BCUT2D eigenvalue weighted by atomic mass is 10.2. The summed E-state index contributed by atoms with van der Waals surface area (Å²) in [7, 11) is 4.11. The minimum Gasteiger partial charge on any atom is -0.378 e. The lowest BCUT2D eigenvalue weighted by molar-refractivity contribution is 1.13. The van der Waals surface area contributed by atoms with Crippen LogP contribution in [-0.2, 0) is 0 Å². The minimum absolute atomic E-state index is 1.04. The number of aromatic nitrogens is 2. The molecule has 0 aliphatic carbocycles. The molecule has 0 spiro atoms. The van der Waals surface area contributed by atoms with Gasteiger partial charge in [-0.05, 0) is 67.1 Å². The van der Waals surface area contributed by atoms with E-state index in [1.807, 2.05) is 0 Å². The Morgan fingerprint density at radius 2 is 1.25 bits per heavy atom. The fourth-order valence-corrected chi connectivity index (χ4v) is 5.31. The van der Waals surface area contributed by atoms with Gasteiger partial charge in [0.1, 0.15) is 10.0 Å². The molecule has 0 fully saturated rings. The molecule has 2 aromatic heterocycles. The number of anilines is 1. The molecule has 0 saturated heterocycles. The van der Waals surface area contributed by atoms with Crippen molar-refractivity contribution in [1.29, 1.82) is 0 Å². The number of thiazole rings is 2. The highest BCUT2D eigenvalue weighted by molar-refractivity contribution is 7.22. The Morgan fingerprint density at radius 1 is 0.679 bits per heavy atom. The Bertz CT molecular complexity index is 1300. The third-order valence-electron chi connectivity index (χ3n) is 4.81. The molecule has 138 valence electrons. The molecule has 0 radical (unpaired) electrons. The van der Waals surface area contributed by atoms with E-state index in [2.05, 4.69) is 86.6 Å². The standard InChI is InChI=1S/C23H19N3S2/c1-14-4-10-18-20(12-14)27-23(25-18)16-7-11-19-21(13-16)28-22(24-19)15-5-8-17(9-6-15)26(2)3/h4-13H,1-3H3. The van der Waals surface area contributed by atoms with E-state index in [1.54, 1.807) is 22.7 Å². The summed E-state index contributed by atoms with van der Waals surface area (Å²) in [4.78, 5) is 11.8. The van der Waals surface area contributed by atoms with Crippen LogP contribution in [0.5, 0.6) is 0 Å². The van der Waals surface area contributed by atoms with Crippen LogP contribution < -0.4 is 4.90 Å². The number of hydrogen-bond donors (Lipinski definition) is 0. The Morgan fingerprint density at radius 3 is 1.93 bits per heavy atom. The van der Waals surface area contributed by atoms with Gasteiger partial charge in [-0.15, -0.1) is 22.7 Å². The van der Waals surface area contributed by atoms with Crippen molar-refractivity contribution >= 4 is 48.8 Å². The summed E-state index contributed by atoms with van der Waals surface area (Å²) < 4.78 is 2.43. The second-order valence-corrected chi connectivity index (χ2v) is 9.19. The van der Waals surface area contributed by atoms with Gasteiger partial charge in [0.15, 0.2) is 0 Å². The Hall–Kier alpha value is -2.76. The van der Waals surface area contributed by atoms with E-state index >= 15 is 0 Å². The first-order valence-electron chi connectivity index (χ1n) is 9.13. The van der Waals surface area contributed by atoms with Gasteiger partial charge in [-0.1, -0.05) is 6.07 Å². The first-order chi connectivity index (χ1) is 13.6. The first kappa shape index (κ1) is 17.3. The third-order valence-corrected chi connectivity index (χ3v) is 6.94. The smallest absolute Gasteiger partial charge is 0.124 e. The molecule has 0 aliphatic rings. The molecule has 0 saturated carbocycles. The van der Waals surface area contributed by atoms with Gasteiger partial charge in [0.2, 0.25) is 0 Å². The number of nitrogens with zero attached hydrogens (tertiary/aromatic N) is 3. The Balaban J connectivity index is 1.54. The summed E-state index contributed by atoms with van der Waals surface area (Å²) in [5.74, 6) is 0. The predicted molar refractivity (Wildman–Crippen MR) is 123 cm³/mol. The van der Waals surface area contributed by atoms with Crippen molar-refractivity contribution in [3.63, 3.8) is 0 Å². The van der Waals surface area contributed by atoms with Gasteiger partial charge in [0.25, 0.3) is 0 Å². The number of benzene rings is 3. The monoisotopic (exact) mass is 401 g/mol. The summed E-state index contributed by atoms with van der Waals surface area (Å²) >= 11 is 3.48. The molecule has 2 heterocycles. The largest absolute Gasteiger partial charge is 0.378 e. The van der Waals surface area contributed by atoms with Gasteiger partial charge in [0.05, 0.1) is 20.4 Å². The molecular formula is C23H19N3S2. The van der Waals surface area contributed by atoms with E-state index in [0.29, 0.717) is 0 Å². The van der Waals surface area contributed by atoms with Gasteiger partial charge in [-0.2, -0.15) is 0 Å². The number of rotatable bonds is 3. The Labute approximate surface area is 171 Å². The fraction of sp³-hybridized carbons (Fsp3) is 0.130. The van der Waals surface area contributed by atoms with Crippen LogP contribution in [0.3, 0.4) is 0 Å². The van der Waals surface area contributed by atoms with Gasteiger partial charge < -0.3 is 4.90 Å². The lowest BCUT2D eigenvalue weighted by Crippen LogP contribution is -2.07. The Kier molecular flexibility index (Phi) is 4.14. The van der Waals surface area contributed by atoms with Crippen LogP contribution in [0.4, 0.5) is 5.69 Å². The molecule has 0 amide bonds. The van der Waals surface area contributed by atoms with Crippen LogP contribution in [0.2, 0.25) is 0 Å². The average Bonchev–Trinajstić information content (AvgIpc) is 3.31. The molecule has 0 atom stereocenters. The molecule has 0 bridgehead atoms. The van der Waals surface area contributed by atoms with Crippen LogP contribution in [0.25, 0.3) is 41.6 Å². The van der Waals surface area contributed by atoms with Crippen molar-refractivity contribution in [2.75, 3.05) is 19.0 Å². The highest BCUT2D eigenvalue weighted by atomic mass is 32.1. The third kappa shape index (κ3) is 3.07. The molecular weight excluding hydrogens is 382 g/mol. The summed E-state index contributed by atoms with van der Waals surface area (Å²) in [6.45, 7) is 2.12.